The normalized spacial score (nSPS) is 23.7. The van der Waals surface area contributed by atoms with Crippen LogP contribution in [0.25, 0.3) is 11.0 Å². The van der Waals surface area contributed by atoms with Crippen molar-refractivity contribution in [3.05, 3.63) is 35.8 Å². The largest absolute Gasteiger partial charge is 0.453 e. The summed E-state index contributed by atoms with van der Waals surface area (Å²) in [6.07, 6.45) is 0.445. The van der Waals surface area contributed by atoms with Crippen LogP contribution in [0.5, 0.6) is 0 Å². The van der Waals surface area contributed by atoms with E-state index in [1.165, 1.54) is 18.2 Å². The van der Waals surface area contributed by atoms with Gasteiger partial charge in [-0.2, -0.15) is 0 Å². The van der Waals surface area contributed by atoms with E-state index in [0.717, 1.165) is 6.42 Å². The molecule has 18 heavy (non-hydrogen) atoms. The molecule has 1 aliphatic heterocycles. The average molecular weight is 248 g/mol. The van der Waals surface area contributed by atoms with Crippen LogP contribution in [0, 0.1) is 11.7 Å². The van der Waals surface area contributed by atoms with Crippen LogP contribution in [-0.2, 0) is 4.74 Å². The summed E-state index contributed by atoms with van der Waals surface area (Å²) >= 11 is 0. The van der Waals surface area contributed by atoms with Gasteiger partial charge in [-0.15, -0.1) is 0 Å². The van der Waals surface area contributed by atoms with Crippen molar-refractivity contribution in [1.29, 1.82) is 0 Å². The molecule has 1 saturated heterocycles. The number of ether oxygens (including phenoxy) is 1. The standard InChI is InChI=1S/C14H13FO3/c1-8-4-5-17-14(8)13(16)12-7-9-6-10(15)2-3-11(9)18-12/h2-3,6-8,14H,4-5H2,1H3. The summed E-state index contributed by atoms with van der Waals surface area (Å²) in [5, 5.41) is 0.601. The molecular weight excluding hydrogens is 235 g/mol. The highest BCUT2D eigenvalue weighted by Crippen LogP contribution is 2.27. The molecule has 0 aliphatic carbocycles. The number of carbonyl (C=O) groups excluding carboxylic acids is 1. The molecule has 2 heterocycles. The molecule has 1 aromatic carbocycles. The third-order valence-electron chi connectivity index (χ3n) is 3.37. The van der Waals surface area contributed by atoms with Crippen molar-refractivity contribution < 1.29 is 18.3 Å². The third-order valence-corrected chi connectivity index (χ3v) is 3.37. The number of fused-ring (bicyclic) bond motifs is 1. The van der Waals surface area contributed by atoms with Crippen LogP contribution < -0.4 is 0 Å². The highest BCUT2D eigenvalue weighted by molar-refractivity contribution is 6.00. The number of hydrogen-bond donors (Lipinski definition) is 0. The monoisotopic (exact) mass is 248 g/mol. The van der Waals surface area contributed by atoms with Crippen molar-refractivity contribution in [2.24, 2.45) is 5.92 Å². The number of halogens is 1. The van der Waals surface area contributed by atoms with Gasteiger partial charge in [0.1, 0.15) is 17.5 Å². The SMILES string of the molecule is CC1CCOC1C(=O)c1cc2cc(F)ccc2o1. The lowest BCUT2D eigenvalue weighted by Gasteiger charge is -2.10. The number of ketones is 1. The Morgan fingerprint density at radius 3 is 2.94 bits per heavy atom. The zero-order valence-corrected chi connectivity index (χ0v) is 9.98. The van der Waals surface area contributed by atoms with Crippen molar-refractivity contribution in [3.8, 4) is 0 Å². The molecule has 0 N–H and O–H groups in total. The van der Waals surface area contributed by atoms with Gasteiger partial charge >= 0.3 is 0 Å². The minimum atomic E-state index is -0.435. The number of furan rings is 1. The van der Waals surface area contributed by atoms with Gasteiger partial charge in [0.2, 0.25) is 5.78 Å². The fourth-order valence-corrected chi connectivity index (χ4v) is 2.31. The van der Waals surface area contributed by atoms with Gasteiger partial charge in [-0.25, -0.2) is 4.39 Å². The second-order valence-electron chi connectivity index (χ2n) is 4.71. The van der Waals surface area contributed by atoms with E-state index in [0.29, 0.717) is 17.6 Å². The van der Waals surface area contributed by atoms with Crippen LogP contribution in [0.2, 0.25) is 0 Å². The minimum Gasteiger partial charge on any atom is -0.453 e. The van der Waals surface area contributed by atoms with Crippen molar-refractivity contribution >= 4 is 16.8 Å². The molecule has 0 bridgehead atoms. The fourth-order valence-electron chi connectivity index (χ4n) is 2.31. The first-order valence-corrected chi connectivity index (χ1v) is 6.00. The van der Waals surface area contributed by atoms with Crippen molar-refractivity contribution in [1.82, 2.24) is 0 Å². The van der Waals surface area contributed by atoms with Crippen LogP contribution in [0.15, 0.2) is 28.7 Å². The molecule has 1 aliphatic rings. The molecule has 94 valence electrons. The van der Waals surface area contributed by atoms with Crippen LogP contribution in [0.1, 0.15) is 23.9 Å². The van der Waals surface area contributed by atoms with Crippen molar-refractivity contribution in [2.75, 3.05) is 6.61 Å². The lowest BCUT2D eigenvalue weighted by atomic mass is 9.99. The first kappa shape index (κ1) is 11.4. The second-order valence-corrected chi connectivity index (χ2v) is 4.71. The maximum atomic E-state index is 13.1. The molecule has 1 aromatic heterocycles. The zero-order chi connectivity index (χ0) is 12.7. The molecule has 4 heteroatoms. The summed E-state index contributed by atoms with van der Waals surface area (Å²) in [5.41, 5.74) is 0.519. The zero-order valence-electron chi connectivity index (χ0n) is 9.98. The summed E-state index contributed by atoms with van der Waals surface area (Å²) < 4.78 is 23.9. The van der Waals surface area contributed by atoms with Gasteiger partial charge in [0.15, 0.2) is 5.76 Å². The summed E-state index contributed by atoms with van der Waals surface area (Å²) in [7, 11) is 0. The Morgan fingerprint density at radius 2 is 2.22 bits per heavy atom. The van der Waals surface area contributed by atoms with Gasteiger partial charge in [0, 0.05) is 12.0 Å². The maximum absolute atomic E-state index is 13.1. The van der Waals surface area contributed by atoms with Gasteiger partial charge in [0.05, 0.1) is 0 Å². The van der Waals surface area contributed by atoms with E-state index in [9.17, 15) is 9.18 Å². The van der Waals surface area contributed by atoms with Crippen molar-refractivity contribution in [2.45, 2.75) is 19.4 Å². The Bertz CT molecular complexity index is 602. The summed E-state index contributed by atoms with van der Waals surface area (Å²) in [5.74, 6) is -0.0545. The number of rotatable bonds is 2. The molecule has 2 atom stereocenters. The average Bonchev–Trinajstić information content (AvgIpc) is 2.93. The topological polar surface area (TPSA) is 39.4 Å². The van der Waals surface area contributed by atoms with Gasteiger partial charge in [-0.05, 0) is 36.6 Å². The molecule has 1 fully saturated rings. The van der Waals surface area contributed by atoms with Crippen LogP contribution in [-0.4, -0.2) is 18.5 Å². The third kappa shape index (κ3) is 1.82. The Balaban J connectivity index is 1.96. The highest BCUT2D eigenvalue weighted by atomic mass is 19.1. The predicted molar refractivity (Wildman–Crippen MR) is 64.0 cm³/mol. The van der Waals surface area contributed by atoms with Gasteiger partial charge < -0.3 is 9.15 Å². The molecule has 0 saturated carbocycles. The Kier molecular flexibility index (Phi) is 2.67. The molecular formula is C14H13FO3. The fraction of sp³-hybridized carbons (Fsp3) is 0.357. The molecule has 3 rings (SSSR count). The summed E-state index contributed by atoms with van der Waals surface area (Å²) in [6.45, 7) is 2.59. The Morgan fingerprint density at radius 1 is 1.39 bits per heavy atom. The van der Waals surface area contributed by atoms with E-state index < -0.39 is 6.10 Å². The molecule has 2 unspecified atom stereocenters. The Hall–Kier alpha value is -1.68. The number of hydrogen-bond acceptors (Lipinski definition) is 3. The highest BCUT2D eigenvalue weighted by Gasteiger charge is 2.33. The van der Waals surface area contributed by atoms with E-state index in [2.05, 4.69) is 0 Å². The second kappa shape index (κ2) is 4.21. The van der Waals surface area contributed by atoms with E-state index >= 15 is 0 Å². The molecule has 2 aromatic rings. The van der Waals surface area contributed by atoms with Gasteiger partial charge in [-0.3, -0.25) is 4.79 Å². The van der Waals surface area contributed by atoms with E-state index in [1.807, 2.05) is 6.92 Å². The van der Waals surface area contributed by atoms with Crippen molar-refractivity contribution in [3.63, 3.8) is 0 Å². The molecule has 0 spiro atoms. The first-order chi connectivity index (χ1) is 8.65. The lowest BCUT2D eigenvalue weighted by molar-refractivity contribution is 0.0554. The smallest absolute Gasteiger partial charge is 0.226 e. The number of benzene rings is 1. The van der Waals surface area contributed by atoms with Crippen LogP contribution in [0.4, 0.5) is 4.39 Å². The van der Waals surface area contributed by atoms with Crippen LogP contribution >= 0.6 is 0 Å². The van der Waals surface area contributed by atoms with E-state index in [1.54, 1.807) is 6.07 Å². The minimum absolute atomic E-state index is 0.156. The van der Waals surface area contributed by atoms with Gasteiger partial charge in [0.25, 0.3) is 0 Å². The summed E-state index contributed by atoms with van der Waals surface area (Å²) in [6, 6.07) is 5.78. The first-order valence-electron chi connectivity index (χ1n) is 6.00. The van der Waals surface area contributed by atoms with E-state index in [-0.39, 0.29) is 23.3 Å². The number of carbonyl (C=O) groups is 1. The summed E-state index contributed by atoms with van der Waals surface area (Å²) in [4.78, 5) is 12.2. The molecule has 0 radical (unpaired) electrons. The number of Topliss-reactive ketones (excluding diaryl/α,β-unsaturated/α-hetero) is 1. The van der Waals surface area contributed by atoms with E-state index in [4.69, 9.17) is 9.15 Å². The molecule has 3 nitrogen and oxygen atoms in total. The Labute approximate surface area is 104 Å². The van der Waals surface area contributed by atoms with Crippen LogP contribution in [0.3, 0.4) is 0 Å². The van der Waals surface area contributed by atoms with Gasteiger partial charge in [-0.1, -0.05) is 6.92 Å². The predicted octanol–water partition coefficient (Wildman–Crippen LogP) is 3.18. The maximum Gasteiger partial charge on any atom is 0.226 e. The quantitative estimate of drug-likeness (QED) is 0.766. The lowest BCUT2D eigenvalue weighted by Crippen LogP contribution is -2.24. The molecule has 0 amide bonds.